The molecule has 2 aromatic carbocycles. The number of benzene rings is 2. The van der Waals surface area contributed by atoms with Crippen molar-refractivity contribution in [2.24, 2.45) is 0 Å². The number of hydrogen-bond acceptors (Lipinski definition) is 3. The smallest absolute Gasteiger partial charge is 0.269 e. The lowest BCUT2D eigenvalue weighted by atomic mass is 10.0. The molecule has 0 aliphatic carbocycles. The Morgan fingerprint density at radius 3 is 2.87 bits per heavy atom. The molecule has 2 aromatic rings. The highest BCUT2D eigenvalue weighted by molar-refractivity contribution is 6.00. The van der Waals surface area contributed by atoms with Gasteiger partial charge in [0.05, 0.1) is 12.2 Å². The van der Waals surface area contributed by atoms with Gasteiger partial charge >= 0.3 is 0 Å². The van der Waals surface area contributed by atoms with Crippen molar-refractivity contribution < 1.29 is 13.9 Å². The van der Waals surface area contributed by atoms with E-state index in [4.69, 9.17) is 16.9 Å². The number of rotatable bonds is 3. The van der Waals surface area contributed by atoms with E-state index >= 15 is 0 Å². The number of anilines is 2. The zero-order valence-corrected chi connectivity index (χ0v) is 12.3. The van der Waals surface area contributed by atoms with Crippen molar-refractivity contribution in [1.82, 2.24) is 0 Å². The van der Waals surface area contributed by atoms with Crippen LogP contribution in [0.4, 0.5) is 15.8 Å². The number of terminal acetylenes is 1. The van der Waals surface area contributed by atoms with Crippen LogP contribution in [0.3, 0.4) is 0 Å². The van der Waals surface area contributed by atoms with Crippen LogP contribution in [0.25, 0.3) is 0 Å². The molecule has 23 heavy (non-hydrogen) atoms. The van der Waals surface area contributed by atoms with Crippen molar-refractivity contribution >= 4 is 17.3 Å². The maximum Gasteiger partial charge on any atom is 0.269 e. The van der Waals surface area contributed by atoms with Crippen molar-refractivity contribution in [3.05, 3.63) is 53.8 Å². The third-order valence-corrected chi connectivity index (χ3v) is 3.64. The molecule has 0 fully saturated rings. The summed E-state index contributed by atoms with van der Waals surface area (Å²) in [6, 6.07) is 11.1. The van der Waals surface area contributed by atoms with Crippen LogP contribution in [0.5, 0.6) is 5.75 Å². The van der Waals surface area contributed by atoms with E-state index in [9.17, 15) is 9.18 Å². The molecule has 2 N–H and O–H groups in total. The molecule has 1 aliphatic heterocycles. The van der Waals surface area contributed by atoms with Crippen molar-refractivity contribution in [2.75, 3.05) is 17.2 Å². The predicted octanol–water partition coefficient (Wildman–Crippen LogP) is 2.38. The van der Waals surface area contributed by atoms with E-state index in [0.717, 1.165) is 0 Å². The lowest BCUT2D eigenvalue weighted by Gasteiger charge is -2.33. The minimum absolute atomic E-state index is 0.138. The molecule has 1 heterocycles. The van der Waals surface area contributed by atoms with Crippen LogP contribution in [0.15, 0.2) is 42.5 Å². The largest absolute Gasteiger partial charge is 0.478 e. The Morgan fingerprint density at radius 1 is 1.30 bits per heavy atom. The number of carbonyl (C=O) groups is 1. The molecular weight excluding hydrogens is 295 g/mol. The normalized spacial score (nSPS) is 16.4. The molecule has 5 heteroatoms. The van der Waals surface area contributed by atoms with Gasteiger partial charge in [0, 0.05) is 18.2 Å². The van der Waals surface area contributed by atoms with Crippen molar-refractivity contribution in [2.45, 2.75) is 12.5 Å². The van der Waals surface area contributed by atoms with E-state index in [-0.39, 0.29) is 24.7 Å². The van der Waals surface area contributed by atoms with Crippen LogP contribution in [0, 0.1) is 18.2 Å². The summed E-state index contributed by atoms with van der Waals surface area (Å²) in [5, 5.41) is 0. The number of hydrogen-bond donors (Lipinski definition) is 1. The van der Waals surface area contributed by atoms with Crippen molar-refractivity contribution in [3.63, 3.8) is 0 Å². The summed E-state index contributed by atoms with van der Waals surface area (Å²) in [6.45, 7) is 0.138. The molecule has 0 bridgehead atoms. The first-order valence-corrected chi connectivity index (χ1v) is 7.14. The van der Waals surface area contributed by atoms with Crippen LogP contribution in [0.2, 0.25) is 0 Å². The second-order valence-electron chi connectivity index (χ2n) is 5.30. The number of halogens is 1. The molecule has 0 saturated heterocycles. The average Bonchev–Trinajstić information content (AvgIpc) is 2.51. The van der Waals surface area contributed by atoms with Gasteiger partial charge in [-0.05, 0) is 29.8 Å². The minimum Gasteiger partial charge on any atom is -0.478 e. The van der Waals surface area contributed by atoms with Crippen LogP contribution < -0.4 is 15.4 Å². The second-order valence-corrected chi connectivity index (χ2v) is 5.30. The fourth-order valence-corrected chi connectivity index (χ4v) is 2.61. The second kappa shape index (κ2) is 6.01. The lowest BCUT2D eigenvalue weighted by molar-refractivity contribution is -0.126. The summed E-state index contributed by atoms with van der Waals surface area (Å²) in [6.07, 6.45) is 4.86. The van der Waals surface area contributed by atoms with Crippen LogP contribution in [-0.4, -0.2) is 18.6 Å². The maximum absolute atomic E-state index is 13.3. The summed E-state index contributed by atoms with van der Waals surface area (Å²) in [5.74, 6) is 2.38. The first kappa shape index (κ1) is 14.9. The van der Waals surface area contributed by atoms with E-state index in [1.807, 2.05) is 0 Å². The zero-order valence-electron chi connectivity index (χ0n) is 12.3. The molecule has 1 amide bonds. The molecule has 0 radical (unpaired) electrons. The Balaban J connectivity index is 1.93. The van der Waals surface area contributed by atoms with Crippen molar-refractivity contribution in [1.29, 1.82) is 0 Å². The summed E-state index contributed by atoms with van der Waals surface area (Å²) in [7, 11) is 0. The summed E-state index contributed by atoms with van der Waals surface area (Å²) in [5.41, 5.74) is 7.58. The molecule has 116 valence electrons. The number of carbonyl (C=O) groups excluding carboxylic acids is 1. The van der Waals surface area contributed by atoms with Gasteiger partial charge in [-0.3, -0.25) is 9.69 Å². The summed E-state index contributed by atoms with van der Waals surface area (Å²) >= 11 is 0. The average molecular weight is 310 g/mol. The minimum atomic E-state index is -0.764. The first-order valence-electron chi connectivity index (χ1n) is 7.14. The Kier molecular flexibility index (Phi) is 3.90. The molecule has 1 unspecified atom stereocenters. The number of amides is 1. The quantitative estimate of drug-likeness (QED) is 0.699. The van der Waals surface area contributed by atoms with Gasteiger partial charge in [0.15, 0.2) is 6.10 Å². The Bertz CT molecular complexity index is 798. The topological polar surface area (TPSA) is 55.6 Å². The number of nitrogens with two attached hydrogens (primary N) is 1. The van der Waals surface area contributed by atoms with Gasteiger partial charge in [0.25, 0.3) is 5.91 Å². The van der Waals surface area contributed by atoms with Crippen molar-refractivity contribution in [3.8, 4) is 18.1 Å². The highest BCUT2D eigenvalue weighted by Gasteiger charge is 2.34. The van der Waals surface area contributed by atoms with Gasteiger partial charge < -0.3 is 10.5 Å². The van der Waals surface area contributed by atoms with Gasteiger partial charge in [-0.1, -0.05) is 18.1 Å². The van der Waals surface area contributed by atoms with Crippen LogP contribution in [0.1, 0.15) is 5.56 Å². The highest BCUT2D eigenvalue weighted by atomic mass is 19.1. The molecule has 1 atom stereocenters. The van der Waals surface area contributed by atoms with E-state index in [0.29, 0.717) is 22.7 Å². The number of ether oxygens (including phenoxy) is 1. The molecule has 0 spiro atoms. The fourth-order valence-electron chi connectivity index (χ4n) is 2.61. The first-order chi connectivity index (χ1) is 11.1. The molecule has 3 rings (SSSR count). The Labute approximate surface area is 133 Å². The fraction of sp³-hybridized carbons (Fsp3) is 0.167. The van der Waals surface area contributed by atoms with E-state index in [1.54, 1.807) is 30.3 Å². The van der Waals surface area contributed by atoms with Gasteiger partial charge in [-0.25, -0.2) is 4.39 Å². The molecular formula is C18H15FN2O2. The van der Waals surface area contributed by atoms with Gasteiger partial charge in [0.2, 0.25) is 0 Å². The van der Waals surface area contributed by atoms with E-state index in [2.05, 4.69) is 5.92 Å². The summed E-state index contributed by atoms with van der Waals surface area (Å²) in [4.78, 5) is 14.1. The Hall–Kier alpha value is -3.00. The van der Waals surface area contributed by atoms with Gasteiger partial charge in [-0.2, -0.15) is 0 Å². The predicted molar refractivity (Wildman–Crippen MR) is 86.6 cm³/mol. The Morgan fingerprint density at radius 2 is 2.13 bits per heavy atom. The highest BCUT2D eigenvalue weighted by Crippen LogP contribution is 2.36. The van der Waals surface area contributed by atoms with E-state index in [1.165, 1.54) is 17.0 Å². The van der Waals surface area contributed by atoms with Gasteiger partial charge in [0.1, 0.15) is 11.6 Å². The van der Waals surface area contributed by atoms with Crippen LogP contribution in [-0.2, 0) is 11.2 Å². The molecule has 0 aromatic heterocycles. The molecule has 4 nitrogen and oxygen atoms in total. The standard InChI is InChI=1S/C18H15FN2O2/c1-2-8-21-15-7-6-14(20)11-16(15)23-17(18(21)22)10-12-4-3-5-13(19)9-12/h1,3-7,9,11,17H,8,10,20H2. The molecule has 0 saturated carbocycles. The third-order valence-electron chi connectivity index (χ3n) is 3.64. The number of fused-ring (bicyclic) bond motifs is 1. The van der Waals surface area contributed by atoms with E-state index < -0.39 is 6.10 Å². The van der Waals surface area contributed by atoms with Crippen LogP contribution >= 0.6 is 0 Å². The molecule has 1 aliphatic rings. The zero-order chi connectivity index (χ0) is 16.4. The lowest BCUT2D eigenvalue weighted by Crippen LogP contribution is -2.47. The number of nitrogens with zero attached hydrogens (tertiary/aromatic N) is 1. The SMILES string of the molecule is C#CCN1C(=O)C(Cc2cccc(F)c2)Oc2cc(N)ccc21. The third kappa shape index (κ3) is 2.97. The monoisotopic (exact) mass is 310 g/mol. The maximum atomic E-state index is 13.3. The number of nitrogen functional groups attached to an aromatic ring is 1. The summed E-state index contributed by atoms with van der Waals surface area (Å²) < 4.78 is 19.1. The van der Waals surface area contributed by atoms with Gasteiger partial charge in [-0.15, -0.1) is 6.42 Å².